The second-order valence-electron chi connectivity index (χ2n) is 9.03. The number of carbonyl (C=O) groups is 1. The summed E-state index contributed by atoms with van der Waals surface area (Å²) in [6, 6.07) is 21.1. The number of aliphatic hydroxyl groups is 1. The van der Waals surface area contributed by atoms with Gasteiger partial charge in [-0.05, 0) is 42.3 Å². The lowest BCUT2D eigenvalue weighted by Crippen LogP contribution is -2.53. The second kappa shape index (κ2) is 10.3. The van der Waals surface area contributed by atoms with Crippen LogP contribution in [0.2, 0.25) is 0 Å². The summed E-state index contributed by atoms with van der Waals surface area (Å²) in [5.41, 5.74) is 2.41. The van der Waals surface area contributed by atoms with Gasteiger partial charge in [0, 0.05) is 31.8 Å². The number of β-amino-alcohol motifs (C(OH)–C–C–N with tert-alkyl or cyclic N) is 1. The Balaban J connectivity index is 1.79. The molecule has 1 aliphatic heterocycles. The molecule has 1 heterocycles. The third-order valence-electron chi connectivity index (χ3n) is 6.54. The highest BCUT2D eigenvalue weighted by Gasteiger charge is 2.45. The third-order valence-corrected chi connectivity index (χ3v) is 8.39. The summed E-state index contributed by atoms with van der Waals surface area (Å²) in [5, 5.41) is 14.3. The summed E-state index contributed by atoms with van der Waals surface area (Å²) in [5.74, 6) is -1.72. The average molecular weight is 497 g/mol. The average Bonchev–Trinajstić information content (AvgIpc) is 2.83. The number of aryl methyl sites for hydroxylation is 1. The summed E-state index contributed by atoms with van der Waals surface area (Å²) >= 11 is 0. The quantitative estimate of drug-likeness (QED) is 0.544. The van der Waals surface area contributed by atoms with Crippen LogP contribution in [-0.4, -0.2) is 42.9 Å². The number of piperidine rings is 1. The zero-order valence-electron chi connectivity index (χ0n) is 19.6. The number of nitrogens with one attached hydrogen (secondary N) is 1. The van der Waals surface area contributed by atoms with Crippen molar-refractivity contribution in [2.24, 2.45) is 5.92 Å². The van der Waals surface area contributed by atoms with Gasteiger partial charge in [0.05, 0.1) is 17.0 Å². The molecule has 1 unspecified atom stereocenters. The van der Waals surface area contributed by atoms with Gasteiger partial charge in [-0.1, -0.05) is 60.2 Å². The third kappa shape index (κ3) is 5.45. The Morgan fingerprint density at radius 2 is 1.63 bits per heavy atom. The normalized spacial score (nSPS) is 21.9. The number of hydrogen-bond donors (Lipinski definition) is 2. The van der Waals surface area contributed by atoms with E-state index in [1.165, 1.54) is 23.4 Å². The summed E-state index contributed by atoms with van der Waals surface area (Å²) in [7, 11) is -3.90. The fourth-order valence-corrected chi connectivity index (χ4v) is 6.37. The Bertz CT molecular complexity index is 1260. The fourth-order valence-electron chi connectivity index (χ4n) is 4.87. The van der Waals surface area contributed by atoms with E-state index in [4.69, 9.17) is 0 Å². The molecule has 0 aliphatic carbocycles. The molecule has 0 radical (unpaired) electrons. The smallest absolute Gasteiger partial charge is 0.243 e. The number of benzene rings is 3. The number of sulfonamides is 1. The molecule has 8 heteroatoms. The molecular formula is C27H29FN2O4S. The number of hydrogen-bond acceptors (Lipinski definition) is 4. The molecule has 3 aromatic rings. The van der Waals surface area contributed by atoms with Gasteiger partial charge in [0.25, 0.3) is 0 Å². The maximum Gasteiger partial charge on any atom is 0.243 e. The van der Waals surface area contributed by atoms with Crippen molar-refractivity contribution in [3.05, 3.63) is 101 Å². The van der Waals surface area contributed by atoms with Gasteiger partial charge in [0.15, 0.2) is 0 Å². The molecule has 1 fully saturated rings. The van der Waals surface area contributed by atoms with Crippen molar-refractivity contribution < 1.29 is 22.7 Å². The van der Waals surface area contributed by atoms with Gasteiger partial charge in [-0.15, -0.1) is 0 Å². The minimum atomic E-state index is -3.90. The van der Waals surface area contributed by atoms with Gasteiger partial charge < -0.3 is 10.4 Å². The number of amides is 1. The van der Waals surface area contributed by atoms with Crippen molar-refractivity contribution in [3.63, 3.8) is 0 Å². The van der Waals surface area contributed by atoms with Crippen LogP contribution in [0.1, 0.15) is 35.6 Å². The number of aliphatic hydroxyl groups excluding tert-OH is 1. The lowest BCUT2D eigenvalue weighted by molar-refractivity contribution is -0.120. The fraction of sp³-hybridized carbons (Fsp3) is 0.296. The van der Waals surface area contributed by atoms with E-state index >= 15 is 0 Å². The van der Waals surface area contributed by atoms with E-state index in [0.29, 0.717) is 5.56 Å². The predicted molar refractivity (Wildman–Crippen MR) is 132 cm³/mol. The van der Waals surface area contributed by atoms with Crippen LogP contribution in [0.3, 0.4) is 0 Å². The van der Waals surface area contributed by atoms with Crippen LogP contribution in [0.4, 0.5) is 4.39 Å². The first-order valence-corrected chi connectivity index (χ1v) is 12.9. The molecule has 1 saturated heterocycles. The van der Waals surface area contributed by atoms with Crippen LogP contribution in [-0.2, 0) is 14.8 Å². The molecule has 1 aliphatic rings. The van der Waals surface area contributed by atoms with Crippen LogP contribution < -0.4 is 5.32 Å². The molecule has 2 N–H and O–H groups in total. The van der Waals surface area contributed by atoms with Gasteiger partial charge in [-0.2, -0.15) is 4.31 Å². The van der Waals surface area contributed by atoms with Crippen molar-refractivity contribution in [1.82, 2.24) is 9.62 Å². The lowest BCUT2D eigenvalue weighted by Gasteiger charge is -2.44. The number of halogens is 1. The van der Waals surface area contributed by atoms with Crippen molar-refractivity contribution in [2.45, 2.75) is 36.8 Å². The van der Waals surface area contributed by atoms with E-state index in [0.717, 1.165) is 11.1 Å². The Hall–Kier alpha value is -3.07. The molecule has 6 nitrogen and oxygen atoms in total. The molecular weight excluding hydrogens is 467 g/mol. The molecule has 35 heavy (non-hydrogen) atoms. The minimum absolute atomic E-state index is 0.0646. The Labute approximate surface area is 205 Å². The highest BCUT2D eigenvalue weighted by atomic mass is 32.2. The molecule has 0 saturated carbocycles. The summed E-state index contributed by atoms with van der Waals surface area (Å²) in [6.07, 6.45) is -1.07. The Morgan fingerprint density at radius 1 is 1.00 bits per heavy atom. The first-order valence-electron chi connectivity index (χ1n) is 11.5. The summed E-state index contributed by atoms with van der Waals surface area (Å²) in [6.45, 7) is 3.23. The van der Waals surface area contributed by atoms with Crippen molar-refractivity contribution >= 4 is 15.9 Å². The number of rotatable bonds is 6. The van der Waals surface area contributed by atoms with Gasteiger partial charge in [0.1, 0.15) is 5.82 Å². The van der Waals surface area contributed by atoms with Crippen molar-refractivity contribution in [3.8, 4) is 0 Å². The Morgan fingerprint density at radius 3 is 2.23 bits per heavy atom. The van der Waals surface area contributed by atoms with Crippen LogP contribution >= 0.6 is 0 Å². The lowest BCUT2D eigenvalue weighted by atomic mass is 9.74. The van der Waals surface area contributed by atoms with Crippen molar-refractivity contribution in [1.29, 1.82) is 0 Å². The van der Waals surface area contributed by atoms with Crippen molar-refractivity contribution in [2.75, 3.05) is 13.1 Å². The van der Waals surface area contributed by atoms with E-state index in [9.17, 15) is 22.7 Å². The molecule has 3 aromatic carbocycles. The van der Waals surface area contributed by atoms with Gasteiger partial charge in [0.2, 0.25) is 15.9 Å². The topological polar surface area (TPSA) is 86.7 Å². The summed E-state index contributed by atoms with van der Waals surface area (Å²) < 4.78 is 42.0. The van der Waals surface area contributed by atoms with Gasteiger partial charge in [-0.25, -0.2) is 12.8 Å². The van der Waals surface area contributed by atoms with Crippen LogP contribution in [0, 0.1) is 18.7 Å². The van der Waals surface area contributed by atoms with Crippen LogP contribution in [0.15, 0.2) is 83.8 Å². The van der Waals surface area contributed by atoms with Gasteiger partial charge in [-0.3, -0.25) is 4.79 Å². The number of nitrogens with zero attached hydrogens (tertiary/aromatic N) is 1. The molecule has 184 valence electrons. The minimum Gasteiger partial charge on any atom is -0.391 e. The largest absolute Gasteiger partial charge is 0.391 e. The Kier molecular flexibility index (Phi) is 7.35. The van der Waals surface area contributed by atoms with Crippen LogP contribution in [0.25, 0.3) is 0 Å². The van der Waals surface area contributed by atoms with Gasteiger partial charge >= 0.3 is 0 Å². The van der Waals surface area contributed by atoms with E-state index in [-0.39, 0.29) is 23.9 Å². The van der Waals surface area contributed by atoms with E-state index < -0.39 is 39.8 Å². The summed E-state index contributed by atoms with van der Waals surface area (Å²) in [4.78, 5) is 12.4. The maximum absolute atomic E-state index is 13.7. The SMILES string of the molecule is CC(=O)N[C@H](c1ccccc1)C1CN(S(=O)(=O)c2ccc(C)cc2)C[C@H](O)[C@H]1c1ccc(F)cc1. The molecule has 0 spiro atoms. The zero-order valence-corrected chi connectivity index (χ0v) is 20.5. The molecule has 0 bridgehead atoms. The highest BCUT2D eigenvalue weighted by molar-refractivity contribution is 7.89. The second-order valence-corrected chi connectivity index (χ2v) is 11.0. The van der Waals surface area contributed by atoms with E-state index in [2.05, 4.69) is 5.32 Å². The predicted octanol–water partition coefficient (Wildman–Crippen LogP) is 3.78. The first kappa shape index (κ1) is 25.0. The standard InChI is InChI=1S/C27H29FN2O4S/c1-18-8-14-23(15-9-18)35(33,34)30-16-24(27(29-19(2)31)21-6-4-3-5-7-21)26(25(32)17-30)20-10-12-22(28)13-11-20/h3-15,24-27,32H,16-17H2,1-2H3,(H,29,31)/t24?,25-,26-,27+/m0/s1. The maximum atomic E-state index is 13.7. The zero-order chi connectivity index (χ0) is 25.2. The van der Waals surface area contributed by atoms with E-state index in [1.807, 2.05) is 37.3 Å². The monoisotopic (exact) mass is 496 g/mol. The first-order chi connectivity index (χ1) is 16.7. The van der Waals surface area contributed by atoms with E-state index in [1.54, 1.807) is 36.4 Å². The highest BCUT2D eigenvalue weighted by Crippen LogP contribution is 2.42. The molecule has 0 aromatic heterocycles. The molecule has 4 rings (SSSR count). The molecule has 1 amide bonds. The number of carbonyl (C=O) groups excluding carboxylic acids is 1. The van der Waals surface area contributed by atoms with Crippen LogP contribution in [0.5, 0.6) is 0 Å². The molecule has 4 atom stereocenters.